The molecule has 200 valence electrons. The smallest absolute Gasteiger partial charge is 0.354 e. The van der Waals surface area contributed by atoms with E-state index in [1.807, 2.05) is 13.8 Å². The molecule has 10 heteroatoms. The van der Waals surface area contributed by atoms with E-state index in [4.69, 9.17) is 14.2 Å². The number of likely N-dealkylation sites (N-methyl/N-ethyl adjacent to an activating group) is 1. The Kier molecular flexibility index (Phi) is 8.65. The van der Waals surface area contributed by atoms with Crippen molar-refractivity contribution in [3.8, 4) is 11.5 Å². The quantitative estimate of drug-likeness (QED) is 0.215. The van der Waals surface area contributed by atoms with Crippen molar-refractivity contribution in [3.05, 3.63) is 51.9 Å². The summed E-state index contributed by atoms with van der Waals surface area (Å²) in [5, 5.41) is 11.6. The molecular weight excluding hydrogens is 478 g/mol. The van der Waals surface area contributed by atoms with Crippen LogP contribution < -0.4 is 9.47 Å². The summed E-state index contributed by atoms with van der Waals surface area (Å²) in [5.41, 5.74) is 1.72. The Morgan fingerprint density at radius 2 is 1.78 bits per heavy atom. The second-order valence-electron chi connectivity index (χ2n) is 8.72. The number of hydrogen-bond donors (Lipinski definition) is 2. The maximum atomic E-state index is 13.5. The number of benzene rings is 1. The molecule has 1 fully saturated rings. The van der Waals surface area contributed by atoms with Crippen LogP contribution in [0.4, 0.5) is 0 Å². The second-order valence-corrected chi connectivity index (χ2v) is 8.72. The average molecular weight is 514 g/mol. The maximum absolute atomic E-state index is 13.5. The first-order valence-electron chi connectivity index (χ1n) is 12.2. The van der Waals surface area contributed by atoms with Gasteiger partial charge in [0, 0.05) is 29.9 Å². The van der Waals surface area contributed by atoms with E-state index in [1.165, 1.54) is 26.2 Å². The highest BCUT2D eigenvalue weighted by molar-refractivity contribution is 6.46. The van der Waals surface area contributed by atoms with Gasteiger partial charge in [0.25, 0.3) is 11.7 Å². The number of ketones is 1. The van der Waals surface area contributed by atoms with Gasteiger partial charge in [-0.05, 0) is 38.6 Å². The zero-order valence-corrected chi connectivity index (χ0v) is 22.4. The fraction of sp³-hybridized carbons (Fsp3) is 0.444. The highest BCUT2D eigenvalue weighted by atomic mass is 16.5. The van der Waals surface area contributed by atoms with Crippen molar-refractivity contribution in [3.63, 3.8) is 0 Å². The minimum absolute atomic E-state index is 0.0854. The van der Waals surface area contributed by atoms with Crippen molar-refractivity contribution in [1.82, 2.24) is 14.8 Å². The number of aromatic nitrogens is 1. The van der Waals surface area contributed by atoms with Crippen molar-refractivity contribution >= 4 is 23.4 Å². The normalized spacial score (nSPS) is 17.0. The summed E-state index contributed by atoms with van der Waals surface area (Å²) in [6, 6.07) is 4.26. The number of aliphatic hydroxyl groups is 1. The van der Waals surface area contributed by atoms with Gasteiger partial charge in [-0.3, -0.25) is 9.59 Å². The standard InChI is InChI=1S/C27H35N3O7/c1-8-29(9-2)13-14-30-22(17-11-10-12-18(35-5)25(17)36-6)20(24(32)26(30)33)23(31)19-15(3)21(27(34)37-7)28-16(19)4/h10-12,22,28,31H,8-9,13-14H2,1-7H3/b23-20+. The molecule has 0 radical (unpaired) electrons. The molecule has 0 saturated carbocycles. The summed E-state index contributed by atoms with van der Waals surface area (Å²) >= 11 is 0. The van der Waals surface area contributed by atoms with Crippen LogP contribution in [0.1, 0.15) is 52.8 Å². The van der Waals surface area contributed by atoms with Crippen LogP contribution in [0.25, 0.3) is 5.76 Å². The van der Waals surface area contributed by atoms with Crippen LogP contribution in [0.3, 0.4) is 0 Å². The fourth-order valence-corrected chi connectivity index (χ4v) is 4.90. The van der Waals surface area contributed by atoms with Gasteiger partial charge in [-0.25, -0.2) is 4.79 Å². The van der Waals surface area contributed by atoms with E-state index in [9.17, 15) is 19.5 Å². The van der Waals surface area contributed by atoms with Gasteiger partial charge in [0.2, 0.25) is 0 Å². The van der Waals surface area contributed by atoms with E-state index in [0.717, 1.165) is 13.1 Å². The third-order valence-corrected chi connectivity index (χ3v) is 6.88. The van der Waals surface area contributed by atoms with Crippen molar-refractivity contribution in [1.29, 1.82) is 0 Å². The Labute approximate surface area is 216 Å². The third-order valence-electron chi connectivity index (χ3n) is 6.88. The summed E-state index contributed by atoms with van der Waals surface area (Å²) in [6.45, 7) is 9.73. The number of rotatable bonds is 10. The first-order valence-corrected chi connectivity index (χ1v) is 12.2. The number of aromatic amines is 1. The molecule has 3 rings (SSSR count). The van der Waals surface area contributed by atoms with Crippen LogP contribution >= 0.6 is 0 Å². The number of nitrogens with one attached hydrogen (secondary N) is 1. The van der Waals surface area contributed by atoms with Gasteiger partial charge in [0.1, 0.15) is 11.5 Å². The lowest BCUT2D eigenvalue weighted by molar-refractivity contribution is -0.140. The molecule has 2 N–H and O–H groups in total. The Hall–Kier alpha value is -3.79. The molecule has 2 heterocycles. The summed E-state index contributed by atoms with van der Waals surface area (Å²) in [5.74, 6) is -1.73. The largest absolute Gasteiger partial charge is 0.507 e. The molecule has 1 unspecified atom stereocenters. The van der Waals surface area contributed by atoms with E-state index >= 15 is 0 Å². The minimum Gasteiger partial charge on any atom is -0.507 e. The van der Waals surface area contributed by atoms with Crippen LogP contribution in [0, 0.1) is 13.8 Å². The lowest BCUT2D eigenvalue weighted by Crippen LogP contribution is -2.38. The number of para-hydroxylation sites is 1. The minimum atomic E-state index is -0.934. The molecule has 1 aromatic heterocycles. The maximum Gasteiger partial charge on any atom is 0.354 e. The number of carbonyl (C=O) groups excluding carboxylic acids is 3. The molecule has 1 atom stereocenters. The Balaban J connectivity index is 2.28. The Morgan fingerprint density at radius 3 is 2.35 bits per heavy atom. The van der Waals surface area contributed by atoms with Crippen LogP contribution in [-0.2, 0) is 14.3 Å². The highest BCUT2D eigenvalue weighted by Crippen LogP contribution is 2.46. The number of esters is 1. The number of methoxy groups -OCH3 is 3. The Bertz CT molecular complexity index is 1230. The molecule has 1 aliphatic heterocycles. The monoisotopic (exact) mass is 513 g/mol. The first-order chi connectivity index (χ1) is 17.7. The molecule has 2 aromatic rings. The number of ether oxygens (including phenoxy) is 3. The third kappa shape index (κ3) is 4.93. The molecule has 1 saturated heterocycles. The van der Waals surface area contributed by atoms with Crippen molar-refractivity contribution in [2.75, 3.05) is 47.5 Å². The molecule has 37 heavy (non-hydrogen) atoms. The van der Waals surface area contributed by atoms with Crippen LogP contribution in [0.15, 0.2) is 23.8 Å². The lowest BCUT2D eigenvalue weighted by atomic mass is 9.93. The number of aryl methyl sites for hydroxylation is 1. The predicted octanol–water partition coefficient (Wildman–Crippen LogP) is 3.20. The van der Waals surface area contributed by atoms with Gasteiger partial charge in [-0.2, -0.15) is 0 Å². The van der Waals surface area contributed by atoms with Gasteiger partial charge >= 0.3 is 5.97 Å². The zero-order valence-electron chi connectivity index (χ0n) is 22.4. The highest BCUT2D eigenvalue weighted by Gasteiger charge is 2.47. The first kappa shape index (κ1) is 27.8. The van der Waals surface area contributed by atoms with Gasteiger partial charge < -0.3 is 34.1 Å². The van der Waals surface area contributed by atoms with Gasteiger partial charge in [-0.1, -0.05) is 26.0 Å². The van der Waals surface area contributed by atoms with E-state index < -0.39 is 23.7 Å². The molecule has 1 aliphatic rings. The molecule has 0 bridgehead atoms. The van der Waals surface area contributed by atoms with Gasteiger partial charge in [0.15, 0.2) is 11.5 Å². The second kappa shape index (κ2) is 11.5. The zero-order chi connectivity index (χ0) is 27.4. The summed E-state index contributed by atoms with van der Waals surface area (Å²) < 4.78 is 15.9. The van der Waals surface area contributed by atoms with Gasteiger partial charge in [-0.15, -0.1) is 0 Å². The van der Waals surface area contributed by atoms with Gasteiger partial charge in [0.05, 0.1) is 32.9 Å². The molecule has 0 spiro atoms. The average Bonchev–Trinajstić information content (AvgIpc) is 3.34. The molecule has 1 amide bonds. The predicted molar refractivity (Wildman–Crippen MR) is 138 cm³/mol. The molecule has 0 aliphatic carbocycles. The molecule has 10 nitrogen and oxygen atoms in total. The molecular formula is C27H35N3O7. The topological polar surface area (TPSA) is 121 Å². The lowest BCUT2D eigenvalue weighted by Gasteiger charge is -2.29. The molecule has 1 aromatic carbocycles. The Morgan fingerprint density at radius 1 is 1.11 bits per heavy atom. The van der Waals surface area contributed by atoms with E-state index in [-0.39, 0.29) is 29.1 Å². The van der Waals surface area contributed by atoms with Crippen LogP contribution in [0.2, 0.25) is 0 Å². The fourth-order valence-electron chi connectivity index (χ4n) is 4.90. The number of amides is 1. The number of aliphatic hydroxyl groups excluding tert-OH is 1. The van der Waals surface area contributed by atoms with Crippen molar-refractivity contribution < 1.29 is 33.7 Å². The number of H-pyrrole nitrogens is 1. The SMILES string of the molecule is CCN(CC)CCN1C(=O)C(=O)/C(=C(/O)c2c(C)[nH]c(C(=O)OC)c2C)C1c1cccc(OC)c1OC. The summed E-state index contributed by atoms with van der Waals surface area (Å²) in [6.07, 6.45) is 0. The van der Waals surface area contributed by atoms with Crippen LogP contribution in [0.5, 0.6) is 11.5 Å². The number of nitrogens with zero attached hydrogens (tertiary/aromatic N) is 2. The van der Waals surface area contributed by atoms with Crippen molar-refractivity contribution in [2.24, 2.45) is 0 Å². The number of likely N-dealkylation sites (tertiary alicyclic amines) is 1. The van der Waals surface area contributed by atoms with Crippen LogP contribution in [-0.4, -0.2) is 85.1 Å². The van der Waals surface area contributed by atoms with E-state index in [0.29, 0.717) is 34.9 Å². The number of Topliss-reactive ketones (excluding diaryl/α,β-unsaturated/α-hetero) is 1. The van der Waals surface area contributed by atoms with E-state index in [1.54, 1.807) is 32.0 Å². The summed E-state index contributed by atoms with van der Waals surface area (Å²) in [4.78, 5) is 45.6. The number of carbonyl (C=O) groups is 3. The van der Waals surface area contributed by atoms with Crippen molar-refractivity contribution in [2.45, 2.75) is 33.7 Å². The summed E-state index contributed by atoms with van der Waals surface area (Å²) in [7, 11) is 4.24. The van der Waals surface area contributed by atoms with E-state index in [2.05, 4.69) is 9.88 Å². The number of hydrogen-bond acceptors (Lipinski definition) is 8.